The number of halogens is 3. The van der Waals surface area contributed by atoms with Crippen molar-refractivity contribution in [3.05, 3.63) is 28.8 Å². The van der Waals surface area contributed by atoms with Gasteiger partial charge in [0.15, 0.2) is 0 Å². The minimum Gasteiger partial charge on any atom is -0.491 e. The zero-order valence-electron chi connectivity index (χ0n) is 13.9. The summed E-state index contributed by atoms with van der Waals surface area (Å²) in [6.45, 7) is 7.45. The van der Waals surface area contributed by atoms with Crippen molar-refractivity contribution in [1.82, 2.24) is 9.80 Å². The van der Waals surface area contributed by atoms with E-state index in [-0.39, 0.29) is 38.0 Å². The Labute approximate surface area is 161 Å². The predicted molar refractivity (Wildman–Crippen MR) is 102 cm³/mol. The Morgan fingerprint density at radius 2 is 1.79 bits per heavy atom. The average Bonchev–Trinajstić information content (AvgIpc) is 2.51. The number of benzene rings is 1. The van der Waals surface area contributed by atoms with Crippen LogP contribution in [0.1, 0.15) is 5.56 Å². The van der Waals surface area contributed by atoms with Crippen LogP contribution in [0.4, 0.5) is 0 Å². The van der Waals surface area contributed by atoms with Crippen LogP contribution in [0.5, 0.6) is 5.75 Å². The number of rotatable bonds is 7. The van der Waals surface area contributed by atoms with E-state index in [0.717, 1.165) is 44.0 Å². The largest absolute Gasteiger partial charge is 0.491 e. The standard InChI is InChI=1S/C16H25ClN2O3.2ClH/c1-13-10-15(2-3-16(13)17)22-12-14(21)11-19-6-4-18(5-7-19)8-9-20;;/h2-3,10,14,20-21H,4-9,11-12H2,1H3;2*1H. The maximum atomic E-state index is 10.1. The molecular formula is C16H27Cl3N2O3. The Bertz CT molecular complexity index is 472. The molecule has 1 heterocycles. The molecule has 1 aromatic rings. The van der Waals surface area contributed by atoms with Crippen LogP contribution in [0.25, 0.3) is 0 Å². The van der Waals surface area contributed by atoms with Gasteiger partial charge >= 0.3 is 0 Å². The van der Waals surface area contributed by atoms with Crippen molar-refractivity contribution in [3.63, 3.8) is 0 Å². The van der Waals surface area contributed by atoms with Crippen LogP contribution >= 0.6 is 36.4 Å². The number of aliphatic hydroxyl groups is 2. The summed E-state index contributed by atoms with van der Waals surface area (Å²) < 4.78 is 5.63. The first-order valence-electron chi connectivity index (χ1n) is 7.71. The molecule has 1 aliphatic heterocycles. The van der Waals surface area contributed by atoms with Gasteiger partial charge in [0.05, 0.1) is 6.61 Å². The van der Waals surface area contributed by atoms with Gasteiger partial charge in [-0.15, -0.1) is 24.8 Å². The van der Waals surface area contributed by atoms with Crippen molar-refractivity contribution in [2.45, 2.75) is 13.0 Å². The van der Waals surface area contributed by atoms with Gasteiger partial charge in [0.25, 0.3) is 0 Å². The summed E-state index contributed by atoms with van der Waals surface area (Å²) in [7, 11) is 0. The molecule has 0 bridgehead atoms. The molecule has 0 aliphatic carbocycles. The molecule has 0 amide bonds. The SMILES string of the molecule is Cc1cc(OCC(O)CN2CCN(CCO)CC2)ccc1Cl.Cl.Cl. The number of hydrogen-bond donors (Lipinski definition) is 2. The number of nitrogens with zero attached hydrogens (tertiary/aromatic N) is 2. The highest BCUT2D eigenvalue weighted by atomic mass is 35.5. The molecule has 1 aliphatic rings. The molecule has 0 saturated carbocycles. The summed E-state index contributed by atoms with van der Waals surface area (Å²) in [6.07, 6.45) is -0.514. The molecular weight excluding hydrogens is 375 g/mol. The summed E-state index contributed by atoms with van der Waals surface area (Å²) in [4.78, 5) is 4.46. The summed E-state index contributed by atoms with van der Waals surface area (Å²) in [5.74, 6) is 0.730. The molecule has 8 heteroatoms. The van der Waals surface area contributed by atoms with Crippen LogP contribution in [-0.2, 0) is 0 Å². The number of piperazine rings is 1. The average molecular weight is 402 g/mol. The molecule has 0 aromatic heterocycles. The Hall–Kier alpha value is -0.270. The number of aryl methyl sites for hydroxylation is 1. The fraction of sp³-hybridized carbons (Fsp3) is 0.625. The van der Waals surface area contributed by atoms with E-state index in [2.05, 4.69) is 9.80 Å². The van der Waals surface area contributed by atoms with E-state index in [4.69, 9.17) is 21.4 Å². The van der Waals surface area contributed by atoms with Gasteiger partial charge in [-0.2, -0.15) is 0 Å². The van der Waals surface area contributed by atoms with E-state index in [0.29, 0.717) is 11.6 Å². The van der Waals surface area contributed by atoms with Crippen LogP contribution in [0.15, 0.2) is 18.2 Å². The van der Waals surface area contributed by atoms with Crippen LogP contribution in [0.2, 0.25) is 5.02 Å². The molecule has 0 radical (unpaired) electrons. The van der Waals surface area contributed by atoms with Gasteiger partial charge in [-0.1, -0.05) is 11.6 Å². The normalized spacial score (nSPS) is 16.8. The van der Waals surface area contributed by atoms with Crippen molar-refractivity contribution in [2.75, 3.05) is 52.5 Å². The highest BCUT2D eigenvalue weighted by molar-refractivity contribution is 6.31. The maximum Gasteiger partial charge on any atom is 0.119 e. The van der Waals surface area contributed by atoms with Crippen LogP contribution < -0.4 is 4.74 Å². The molecule has 140 valence electrons. The van der Waals surface area contributed by atoms with E-state index in [1.54, 1.807) is 6.07 Å². The highest BCUT2D eigenvalue weighted by Gasteiger charge is 2.19. The number of β-amino-alcohol motifs (C(OH)–C–C–N with tert-alkyl or cyclic N) is 2. The molecule has 1 unspecified atom stereocenters. The highest BCUT2D eigenvalue weighted by Crippen LogP contribution is 2.21. The molecule has 1 aromatic carbocycles. The smallest absolute Gasteiger partial charge is 0.119 e. The number of aliphatic hydroxyl groups excluding tert-OH is 2. The second-order valence-electron chi connectivity index (χ2n) is 5.74. The fourth-order valence-corrected chi connectivity index (χ4v) is 2.70. The Balaban J connectivity index is 0.00000264. The van der Waals surface area contributed by atoms with Gasteiger partial charge in [0, 0.05) is 44.3 Å². The molecule has 1 fully saturated rings. The first-order chi connectivity index (χ1) is 10.6. The van der Waals surface area contributed by atoms with Crippen molar-refractivity contribution in [1.29, 1.82) is 0 Å². The summed E-state index contributed by atoms with van der Waals surface area (Å²) in [5.41, 5.74) is 0.966. The Morgan fingerprint density at radius 3 is 2.38 bits per heavy atom. The summed E-state index contributed by atoms with van der Waals surface area (Å²) in [5, 5.41) is 19.8. The minimum atomic E-state index is -0.514. The third-order valence-corrected chi connectivity index (χ3v) is 4.35. The lowest BCUT2D eigenvalue weighted by Crippen LogP contribution is -2.49. The lowest BCUT2D eigenvalue weighted by molar-refractivity contribution is 0.0428. The Kier molecular flexibility index (Phi) is 12.0. The molecule has 2 rings (SSSR count). The molecule has 24 heavy (non-hydrogen) atoms. The quantitative estimate of drug-likeness (QED) is 0.730. The third kappa shape index (κ3) is 7.74. The first kappa shape index (κ1) is 23.7. The van der Waals surface area contributed by atoms with Gasteiger partial charge in [0.2, 0.25) is 0 Å². The number of ether oxygens (including phenoxy) is 1. The monoisotopic (exact) mass is 400 g/mol. The van der Waals surface area contributed by atoms with Crippen molar-refractivity contribution in [3.8, 4) is 5.75 Å². The van der Waals surface area contributed by atoms with Gasteiger partial charge in [0.1, 0.15) is 18.5 Å². The first-order valence-corrected chi connectivity index (χ1v) is 8.09. The lowest BCUT2D eigenvalue weighted by Gasteiger charge is -2.35. The second kappa shape index (κ2) is 12.1. The van der Waals surface area contributed by atoms with Crippen LogP contribution in [0, 0.1) is 6.92 Å². The van der Waals surface area contributed by atoms with Gasteiger partial charge in [-0.05, 0) is 30.7 Å². The number of hydrogen-bond acceptors (Lipinski definition) is 5. The van der Waals surface area contributed by atoms with Gasteiger partial charge in [-0.25, -0.2) is 0 Å². The van der Waals surface area contributed by atoms with E-state index in [9.17, 15) is 5.11 Å². The van der Waals surface area contributed by atoms with E-state index in [1.807, 2.05) is 19.1 Å². The molecule has 0 spiro atoms. The van der Waals surface area contributed by atoms with E-state index in [1.165, 1.54) is 0 Å². The molecule has 1 atom stereocenters. The van der Waals surface area contributed by atoms with Crippen molar-refractivity contribution < 1.29 is 14.9 Å². The minimum absolute atomic E-state index is 0. The fourth-order valence-electron chi connectivity index (χ4n) is 2.59. The van der Waals surface area contributed by atoms with Crippen molar-refractivity contribution >= 4 is 36.4 Å². The molecule has 5 nitrogen and oxygen atoms in total. The zero-order chi connectivity index (χ0) is 15.9. The summed E-state index contributed by atoms with van der Waals surface area (Å²) in [6, 6.07) is 5.50. The van der Waals surface area contributed by atoms with E-state index >= 15 is 0 Å². The lowest BCUT2D eigenvalue weighted by atomic mass is 10.2. The molecule has 1 saturated heterocycles. The zero-order valence-corrected chi connectivity index (χ0v) is 16.2. The predicted octanol–water partition coefficient (Wildman–Crippen LogP) is 1.84. The Morgan fingerprint density at radius 1 is 1.17 bits per heavy atom. The van der Waals surface area contributed by atoms with Crippen LogP contribution in [-0.4, -0.2) is 78.6 Å². The van der Waals surface area contributed by atoms with Crippen molar-refractivity contribution in [2.24, 2.45) is 0 Å². The second-order valence-corrected chi connectivity index (χ2v) is 6.15. The molecule has 2 N–H and O–H groups in total. The van der Waals surface area contributed by atoms with Gasteiger partial charge < -0.3 is 14.9 Å². The topological polar surface area (TPSA) is 56.2 Å². The summed E-state index contributed by atoms with van der Waals surface area (Å²) >= 11 is 5.98. The maximum absolute atomic E-state index is 10.1. The third-order valence-electron chi connectivity index (χ3n) is 3.92. The van der Waals surface area contributed by atoms with E-state index < -0.39 is 6.10 Å². The van der Waals surface area contributed by atoms with Gasteiger partial charge in [-0.3, -0.25) is 9.80 Å². The van der Waals surface area contributed by atoms with Crippen LogP contribution in [0.3, 0.4) is 0 Å².